The van der Waals surface area contributed by atoms with Crippen molar-refractivity contribution in [2.75, 3.05) is 0 Å². The van der Waals surface area contributed by atoms with Crippen LogP contribution in [-0.2, 0) is 22.6 Å². The van der Waals surface area contributed by atoms with Gasteiger partial charge in [0.05, 0.1) is 6.54 Å². The summed E-state index contributed by atoms with van der Waals surface area (Å²) >= 11 is 0. The summed E-state index contributed by atoms with van der Waals surface area (Å²) in [7, 11) is 0. The maximum Gasteiger partial charge on any atom is 0.303 e. The van der Waals surface area contributed by atoms with Gasteiger partial charge in [0.25, 0.3) is 6.47 Å². The van der Waals surface area contributed by atoms with Gasteiger partial charge < -0.3 is 14.4 Å². The molecular formula is C27H37NO5. The molecule has 6 nitrogen and oxygen atoms in total. The SMILES string of the molecule is CCCCCCCCCCCC(=O)c1cc(OC=O)n(Cc2ccc(CCC(=O)O)cc2)c1. The van der Waals surface area contributed by atoms with E-state index in [0.717, 1.165) is 24.0 Å². The maximum absolute atomic E-state index is 12.6. The molecule has 0 unspecified atom stereocenters. The Hall–Kier alpha value is -2.89. The number of hydrogen-bond donors (Lipinski definition) is 1. The van der Waals surface area contributed by atoms with E-state index < -0.39 is 5.97 Å². The van der Waals surface area contributed by atoms with E-state index in [2.05, 4.69) is 6.92 Å². The Labute approximate surface area is 197 Å². The average molecular weight is 456 g/mol. The number of carboxylic acid groups (broad SMARTS) is 1. The van der Waals surface area contributed by atoms with E-state index in [9.17, 15) is 14.4 Å². The molecular weight excluding hydrogens is 418 g/mol. The van der Waals surface area contributed by atoms with Gasteiger partial charge >= 0.3 is 5.97 Å². The van der Waals surface area contributed by atoms with E-state index in [1.54, 1.807) is 16.8 Å². The minimum Gasteiger partial charge on any atom is -0.481 e. The van der Waals surface area contributed by atoms with Crippen LogP contribution in [0.4, 0.5) is 0 Å². The van der Waals surface area contributed by atoms with Gasteiger partial charge in [-0.05, 0) is 24.0 Å². The van der Waals surface area contributed by atoms with Crippen molar-refractivity contribution in [3.8, 4) is 5.88 Å². The van der Waals surface area contributed by atoms with E-state index in [0.29, 0.717) is 37.3 Å². The topological polar surface area (TPSA) is 85.6 Å². The highest BCUT2D eigenvalue weighted by Gasteiger charge is 2.14. The third-order valence-electron chi connectivity index (χ3n) is 5.86. The lowest BCUT2D eigenvalue weighted by Gasteiger charge is -2.08. The van der Waals surface area contributed by atoms with Crippen LogP contribution in [0.25, 0.3) is 0 Å². The molecule has 0 radical (unpaired) electrons. The second-order valence-corrected chi connectivity index (χ2v) is 8.62. The quantitative estimate of drug-likeness (QED) is 0.164. The van der Waals surface area contributed by atoms with Gasteiger partial charge in [0.15, 0.2) is 5.78 Å². The summed E-state index contributed by atoms with van der Waals surface area (Å²) in [6.45, 7) is 3.05. The molecule has 1 aromatic heterocycles. The fourth-order valence-electron chi connectivity index (χ4n) is 3.91. The number of Topliss-reactive ketones (excluding diaryl/α,β-unsaturated/α-hetero) is 1. The van der Waals surface area contributed by atoms with E-state index in [1.807, 2.05) is 24.3 Å². The summed E-state index contributed by atoms with van der Waals surface area (Å²) in [5, 5.41) is 8.81. The van der Waals surface area contributed by atoms with Crippen molar-refractivity contribution in [2.45, 2.75) is 90.5 Å². The van der Waals surface area contributed by atoms with Crippen LogP contribution < -0.4 is 4.74 Å². The largest absolute Gasteiger partial charge is 0.481 e. The van der Waals surface area contributed by atoms with Gasteiger partial charge in [0.1, 0.15) is 0 Å². The Balaban J connectivity index is 1.84. The van der Waals surface area contributed by atoms with Crippen molar-refractivity contribution in [3.63, 3.8) is 0 Å². The maximum atomic E-state index is 12.6. The molecule has 6 heteroatoms. The number of carbonyl (C=O) groups excluding carboxylic acids is 2. The number of rotatable bonds is 18. The number of carbonyl (C=O) groups is 3. The predicted molar refractivity (Wildman–Crippen MR) is 129 cm³/mol. The monoisotopic (exact) mass is 455 g/mol. The van der Waals surface area contributed by atoms with Crippen LogP contribution in [0.5, 0.6) is 5.88 Å². The lowest BCUT2D eigenvalue weighted by molar-refractivity contribution is -0.137. The van der Waals surface area contributed by atoms with Crippen molar-refractivity contribution in [1.82, 2.24) is 4.57 Å². The molecule has 0 saturated carbocycles. The van der Waals surface area contributed by atoms with Gasteiger partial charge in [-0.25, -0.2) is 0 Å². The molecule has 0 aliphatic rings. The van der Waals surface area contributed by atoms with Crippen LogP contribution in [0.1, 0.15) is 99.0 Å². The Morgan fingerprint density at radius 1 is 0.909 bits per heavy atom. The Bertz CT molecular complexity index is 869. The van der Waals surface area contributed by atoms with Gasteiger partial charge in [-0.2, -0.15) is 0 Å². The molecule has 0 bridgehead atoms. The minimum absolute atomic E-state index is 0.0662. The number of hydrogen-bond acceptors (Lipinski definition) is 4. The smallest absolute Gasteiger partial charge is 0.303 e. The van der Waals surface area contributed by atoms with Crippen LogP contribution in [0.15, 0.2) is 36.5 Å². The Morgan fingerprint density at radius 2 is 1.52 bits per heavy atom. The van der Waals surface area contributed by atoms with Gasteiger partial charge in [0.2, 0.25) is 5.88 Å². The third-order valence-corrected chi connectivity index (χ3v) is 5.86. The summed E-state index contributed by atoms with van der Waals surface area (Å²) in [5.74, 6) is -0.409. The Morgan fingerprint density at radius 3 is 2.12 bits per heavy atom. The molecule has 2 rings (SSSR count). The molecule has 0 amide bonds. The number of ether oxygens (including phenoxy) is 1. The van der Waals surface area contributed by atoms with Crippen molar-refractivity contribution in [1.29, 1.82) is 0 Å². The number of aryl methyl sites for hydroxylation is 1. The molecule has 180 valence electrons. The number of unbranched alkanes of at least 4 members (excludes halogenated alkanes) is 8. The van der Waals surface area contributed by atoms with Crippen molar-refractivity contribution in [2.24, 2.45) is 0 Å². The molecule has 0 fully saturated rings. The zero-order chi connectivity index (χ0) is 23.9. The number of nitrogens with zero attached hydrogens (tertiary/aromatic N) is 1. The van der Waals surface area contributed by atoms with Crippen molar-refractivity contribution >= 4 is 18.2 Å². The molecule has 0 aliphatic carbocycles. The highest BCUT2D eigenvalue weighted by molar-refractivity contribution is 5.96. The first-order valence-electron chi connectivity index (χ1n) is 12.2. The minimum atomic E-state index is -0.818. The lowest BCUT2D eigenvalue weighted by atomic mass is 10.0. The standard InChI is InChI=1S/C27H37NO5/c1-2-3-4-5-6-7-8-9-10-11-25(30)24-18-26(33-21-29)28(20-24)19-23-14-12-22(13-15-23)16-17-27(31)32/h12-15,18,20-21H,2-11,16-17,19H2,1H3,(H,31,32). The molecule has 0 spiro atoms. The zero-order valence-corrected chi connectivity index (χ0v) is 19.8. The number of benzene rings is 1. The van der Waals surface area contributed by atoms with Crippen LogP contribution in [0, 0.1) is 0 Å². The van der Waals surface area contributed by atoms with E-state index in [4.69, 9.17) is 9.84 Å². The number of carboxylic acids is 1. The third kappa shape index (κ3) is 10.1. The highest BCUT2D eigenvalue weighted by atomic mass is 16.5. The van der Waals surface area contributed by atoms with Gasteiger partial charge in [-0.3, -0.25) is 14.4 Å². The highest BCUT2D eigenvalue weighted by Crippen LogP contribution is 2.21. The van der Waals surface area contributed by atoms with E-state index >= 15 is 0 Å². The van der Waals surface area contributed by atoms with Crippen LogP contribution in [-0.4, -0.2) is 27.9 Å². The summed E-state index contributed by atoms with van der Waals surface area (Å²) in [5.41, 5.74) is 2.48. The van der Waals surface area contributed by atoms with E-state index in [-0.39, 0.29) is 12.2 Å². The molecule has 33 heavy (non-hydrogen) atoms. The zero-order valence-electron chi connectivity index (χ0n) is 19.8. The van der Waals surface area contributed by atoms with Gasteiger partial charge in [-0.15, -0.1) is 0 Å². The van der Waals surface area contributed by atoms with Crippen molar-refractivity contribution < 1.29 is 24.2 Å². The molecule has 2 aromatic rings. The second-order valence-electron chi connectivity index (χ2n) is 8.62. The van der Waals surface area contributed by atoms with Crippen LogP contribution in [0.3, 0.4) is 0 Å². The number of ketones is 1. The summed E-state index contributed by atoms with van der Waals surface area (Å²) < 4.78 is 6.85. The fraction of sp³-hybridized carbons (Fsp3) is 0.519. The molecule has 1 N–H and O–H groups in total. The van der Waals surface area contributed by atoms with Crippen LogP contribution >= 0.6 is 0 Å². The first kappa shape index (κ1) is 26.4. The summed E-state index contributed by atoms with van der Waals surface area (Å²) in [4.78, 5) is 34.3. The Kier molecular flexibility index (Phi) is 12.0. The van der Waals surface area contributed by atoms with Crippen LogP contribution in [0.2, 0.25) is 0 Å². The van der Waals surface area contributed by atoms with E-state index in [1.165, 1.54) is 44.9 Å². The average Bonchev–Trinajstić information content (AvgIpc) is 3.20. The number of aliphatic carboxylic acids is 1. The molecule has 0 saturated heterocycles. The molecule has 0 atom stereocenters. The summed E-state index contributed by atoms with van der Waals surface area (Å²) in [6, 6.07) is 9.28. The predicted octanol–water partition coefficient (Wildman–Crippen LogP) is 6.19. The first-order chi connectivity index (χ1) is 16.0. The van der Waals surface area contributed by atoms with Gasteiger partial charge in [0, 0.05) is 30.7 Å². The molecule has 1 heterocycles. The first-order valence-corrected chi connectivity index (χ1v) is 12.2. The van der Waals surface area contributed by atoms with Gasteiger partial charge in [-0.1, -0.05) is 82.6 Å². The summed E-state index contributed by atoms with van der Waals surface area (Å²) in [6.07, 6.45) is 13.7. The van der Waals surface area contributed by atoms with Crippen molar-refractivity contribution in [3.05, 3.63) is 53.2 Å². The fourth-order valence-corrected chi connectivity index (χ4v) is 3.91. The lowest BCUT2D eigenvalue weighted by Crippen LogP contribution is -2.03. The second kappa shape index (κ2) is 15.0. The number of aromatic nitrogens is 1. The molecule has 1 aromatic carbocycles. The molecule has 0 aliphatic heterocycles. The normalized spacial score (nSPS) is 10.8.